The van der Waals surface area contributed by atoms with Crippen molar-refractivity contribution in [1.29, 1.82) is 10.5 Å². The van der Waals surface area contributed by atoms with Gasteiger partial charge in [-0.15, -0.1) is 0 Å². The minimum Gasteiger partial charge on any atom is -0.566 e. The van der Waals surface area contributed by atoms with Crippen molar-refractivity contribution in [1.82, 2.24) is 0 Å². The fourth-order valence-electron chi connectivity index (χ4n) is 0.540. The van der Waals surface area contributed by atoms with Gasteiger partial charge in [0.1, 0.15) is 12.1 Å². The van der Waals surface area contributed by atoms with Gasteiger partial charge in [0.05, 0.1) is 9.72 Å². The molecular weight excluding hydrogens is 184 g/mol. The van der Waals surface area contributed by atoms with E-state index in [4.69, 9.17) is 10.5 Å². The van der Waals surface area contributed by atoms with E-state index in [2.05, 4.69) is 0 Å². The molecule has 14 heavy (non-hydrogen) atoms. The zero-order valence-electron chi connectivity index (χ0n) is 8.61. The number of hydrogen-bond acceptors (Lipinski definition) is 4. The Balaban J connectivity index is 5.40. The van der Waals surface area contributed by atoms with Crippen molar-refractivity contribution in [3.8, 4) is 12.1 Å². The summed E-state index contributed by atoms with van der Waals surface area (Å²) in [6, 6.07) is 3.36. The molecule has 0 amide bonds. The molecule has 0 aromatic carbocycles. The number of rotatable bonds is 2. The van der Waals surface area contributed by atoms with Crippen LogP contribution in [0.3, 0.4) is 0 Å². The molecule has 0 N–H and O–H groups in total. The first kappa shape index (κ1) is 12.2. The van der Waals surface area contributed by atoms with E-state index in [0.29, 0.717) is 0 Å². The molecule has 0 spiro atoms. The molecule has 6 nitrogen and oxygen atoms in total. The summed E-state index contributed by atoms with van der Waals surface area (Å²) in [5, 5.41) is 39.9. The summed E-state index contributed by atoms with van der Waals surface area (Å²) in [5.74, 6) is 0. The minimum absolute atomic E-state index is 0.0315. The Morgan fingerprint density at radius 2 is 1.07 bits per heavy atom. The molecule has 0 aliphatic heterocycles. The highest BCUT2D eigenvalue weighted by Crippen LogP contribution is 2.12. The van der Waals surface area contributed by atoms with Gasteiger partial charge in [0, 0.05) is 27.7 Å². The van der Waals surface area contributed by atoms with Gasteiger partial charge in [-0.3, -0.25) is 0 Å². The van der Waals surface area contributed by atoms with E-state index in [1.54, 1.807) is 12.1 Å². The van der Waals surface area contributed by atoms with Crippen LogP contribution in [-0.4, -0.2) is 20.8 Å². The summed E-state index contributed by atoms with van der Waals surface area (Å²) >= 11 is 0. The van der Waals surface area contributed by atoms with Crippen molar-refractivity contribution < 1.29 is 9.72 Å². The van der Waals surface area contributed by atoms with E-state index in [1.807, 2.05) is 0 Å². The predicted octanol–water partition coefficient (Wildman–Crippen LogP) is 1.06. The molecule has 0 aliphatic rings. The lowest BCUT2D eigenvalue weighted by molar-refractivity contribution is -1.01. The lowest BCUT2D eigenvalue weighted by Gasteiger charge is -2.17. The largest absolute Gasteiger partial charge is 0.566 e. The number of nitrogens with zero attached hydrogens (tertiary/aromatic N) is 4. The predicted molar refractivity (Wildman–Crippen MR) is 46.6 cm³/mol. The second-order valence-corrected chi connectivity index (χ2v) is 3.89. The number of azo groups is 1. The maximum atomic E-state index is 11.4. The number of hydroxylamine groups is 2. The Bertz CT molecular complexity index is 309. The molecule has 0 fully saturated rings. The molecule has 0 unspecified atom stereocenters. The average molecular weight is 196 g/mol. The van der Waals surface area contributed by atoms with Crippen molar-refractivity contribution in [2.45, 2.75) is 38.8 Å². The van der Waals surface area contributed by atoms with Crippen molar-refractivity contribution in [3.05, 3.63) is 10.4 Å². The van der Waals surface area contributed by atoms with Crippen LogP contribution in [0.25, 0.3) is 0 Å². The smallest absolute Gasteiger partial charge is 0.316 e. The van der Waals surface area contributed by atoms with Crippen LogP contribution in [0.1, 0.15) is 27.7 Å². The molecule has 76 valence electrons. The SMILES string of the molecule is CC(C)(C#N)/[N+]([O-])=[N+](/[O-])C(C)(C)C#N. The lowest BCUT2D eigenvalue weighted by atomic mass is 10.1. The molecular formula is C8H12N4O2. The number of nitriles is 2. The van der Waals surface area contributed by atoms with E-state index < -0.39 is 11.1 Å². The summed E-state index contributed by atoms with van der Waals surface area (Å²) in [5.41, 5.74) is -2.95. The van der Waals surface area contributed by atoms with Crippen molar-refractivity contribution >= 4 is 0 Å². The van der Waals surface area contributed by atoms with Crippen LogP contribution < -0.4 is 0 Å². The molecule has 0 aromatic heterocycles. The third-order valence-electron chi connectivity index (χ3n) is 1.67. The molecule has 0 rings (SSSR count). The van der Waals surface area contributed by atoms with Gasteiger partial charge in [-0.25, -0.2) is 0 Å². The van der Waals surface area contributed by atoms with Gasteiger partial charge in [0.2, 0.25) is 0 Å². The van der Waals surface area contributed by atoms with Crippen molar-refractivity contribution in [2.75, 3.05) is 0 Å². The molecule has 0 heterocycles. The maximum absolute atomic E-state index is 11.4. The Hall–Kier alpha value is -1.82. The molecule has 6 heteroatoms. The molecule has 0 radical (unpaired) electrons. The fourth-order valence-corrected chi connectivity index (χ4v) is 0.540. The summed E-state index contributed by atoms with van der Waals surface area (Å²) in [6.45, 7) is 5.22. The van der Waals surface area contributed by atoms with Crippen LogP contribution in [0.4, 0.5) is 0 Å². The Morgan fingerprint density at radius 3 is 1.21 bits per heavy atom. The summed E-state index contributed by atoms with van der Waals surface area (Å²) in [7, 11) is 0. The van der Waals surface area contributed by atoms with Crippen LogP contribution in [-0.2, 0) is 0 Å². The monoisotopic (exact) mass is 196 g/mol. The van der Waals surface area contributed by atoms with Gasteiger partial charge in [-0.05, 0) is 0 Å². The van der Waals surface area contributed by atoms with Crippen LogP contribution >= 0.6 is 0 Å². The van der Waals surface area contributed by atoms with Gasteiger partial charge in [-0.2, -0.15) is 10.5 Å². The Kier molecular flexibility index (Phi) is 3.05. The molecule has 0 saturated carbocycles. The van der Waals surface area contributed by atoms with Crippen molar-refractivity contribution in [3.63, 3.8) is 0 Å². The zero-order valence-corrected chi connectivity index (χ0v) is 8.61. The Labute approximate surface area is 82.4 Å². The second-order valence-electron chi connectivity index (χ2n) is 3.89. The fraction of sp³-hybridized carbons (Fsp3) is 0.750. The van der Waals surface area contributed by atoms with E-state index in [0.717, 1.165) is 0 Å². The second kappa shape index (κ2) is 3.51. The average Bonchev–Trinajstić information content (AvgIpc) is 2.15. The van der Waals surface area contributed by atoms with Gasteiger partial charge < -0.3 is 10.4 Å². The highest BCUT2D eigenvalue weighted by atomic mass is 16.6. The van der Waals surface area contributed by atoms with Crippen LogP contribution in [0.2, 0.25) is 0 Å². The third kappa shape index (κ3) is 2.11. The molecule has 0 bridgehead atoms. The van der Waals surface area contributed by atoms with Gasteiger partial charge >= 0.3 is 11.1 Å². The molecule has 0 atom stereocenters. The Morgan fingerprint density at radius 1 is 0.857 bits per heavy atom. The van der Waals surface area contributed by atoms with E-state index >= 15 is 0 Å². The van der Waals surface area contributed by atoms with Crippen molar-refractivity contribution in [2.24, 2.45) is 0 Å². The lowest BCUT2D eigenvalue weighted by Crippen LogP contribution is -2.43. The highest BCUT2D eigenvalue weighted by molar-refractivity contribution is 4.93. The number of hydrogen-bond donors (Lipinski definition) is 0. The summed E-state index contributed by atoms with van der Waals surface area (Å²) < 4.78 is 0. The van der Waals surface area contributed by atoms with Gasteiger partial charge in [-0.1, -0.05) is 0 Å². The first-order valence-corrected chi connectivity index (χ1v) is 3.96. The van der Waals surface area contributed by atoms with Crippen LogP contribution in [0.5, 0.6) is 0 Å². The highest BCUT2D eigenvalue weighted by Gasteiger charge is 2.41. The van der Waals surface area contributed by atoms with E-state index in [9.17, 15) is 10.4 Å². The van der Waals surface area contributed by atoms with Gasteiger partial charge in [0.25, 0.3) is 0 Å². The maximum Gasteiger partial charge on any atom is 0.316 e. The first-order chi connectivity index (χ1) is 6.19. The zero-order chi connectivity index (χ0) is 11.6. The van der Waals surface area contributed by atoms with E-state index in [1.165, 1.54) is 27.7 Å². The first-order valence-electron chi connectivity index (χ1n) is 3.96. The molecule has 0 aromatic rings. The normalized spacial score (nSPS) is 13.9. The third-order valence-corrected chi connectivity index (χ3v) is 1.67. The summed E-state index contributed by atoms with van der Waals surface area (Å²) in [6.07, 6.45) is 0. The van der Waals surface area contributed by atoms with Crippen LogP contribution in [0.15, 0.2) is 0 Å². The quantitative estimate of drug-likeness (QED) is 0.374. The van der Waals surface area contributed by atoms with E-state index in [-0.39, 0.29) is 9.72 Å². The van der Waals surface area contributed by atoms with Crippen LogP contribution in [0, 0.1) is 33.1 Å². The topological polar surface area (TPSA) is 99.7 Å². The standard InChI is InChI=1S/C8H12N4O2/c1-7(2,5-9)11(13)12(14)8(3,4)6-10/h1-4H3/b12-11-. The van der Waals surface area contributed by atoms with Gasteiger partial charge in [0.15, 0.2) is 0 Å². The minimum atomic E-state index is -1.48. The molecule has 0 saturated heterocycles. The molecule has 0 aliphatic carbocycles. The summed E-state index contributed by atoms with van der Waals surface area (Å²) in [4.78, 5) is -0.0631.